The highest BCUT2D eigenvalue weighted by Gasteiger charge is 2.28. The average molecular weight is 323 g/mol. The maximum absolute atomic E-state index is 13.4. The van der Waals surface area contributed by atoms with Crippen molar-refractivity contribution in [2.75, 3.05) is 29.5 Å². The van der Waals surface area contributed by atoms with Crippen molar-refractivity contribution in [3.05, 3.63) is 60.7 Å². The van der Waals surface area contributed by atoms with E-state index < -0.39 is 0 Å². The number of hydrogen-bond acceptors (Lipinski definition) is 2. The SMILES string of the molecule is CCN(C(=O)N(c1ccccc1)N1CCCCC1)c1ccccc1. The topological polar surface area (TPSA) is 26.8 Å². The Labute approximate surface area is 144 Å². The summed E-state index contributed by atoms with van der Waals surface area (Å²) in [6.07, 6.45) is 3.51. The monoisotopic (exact) mass is 323 g/mol. The Hall–Kier alpha value is -2.33. The molecular formula is C20H25N3O. The van der Waals surface area contributed by atoms with Crippen LogP contribution in [-0.4, -0.2) is 30.7 Å². The zero-order valence-corrected chi connectivity index (χ0v) is 14.3. The highest BCUT2D eigenvalue weighted by atomic mass is 16.2. The Morgan fingerprint density at radius 1 is 0.875 bits per heavy atom. The first-order valence-electron chi connectivity index (χ1n) is 8.78. The smallest absolute Gasteiger partial charge is 0.293 e. The van der Waals surface area contributed by atoms with E-state index in [0.29, 0.717) is 6.54 Å². The van der Waals surface area contributed by atoms with Crippen molar-refractivity contribution in [3.63, 3.8) is 0 Å². The fraction of sp³-hybridized carbons (Fsp3) is 0.350. The van der Waals surface area contributed by atoms with Crippen LogP contribution in [0.5, 0.6) is 0 Å². The second kappa shape index (κ2) is 7.97. The molecule has 0 spiro atoms. The Kier molecular flexibility index (Phi) is 5.49. The van der Waals surface area contributed by atoms with Crippen molar-refractivity contribution in [1.82, 2.24) is 5.01 Å². The summed E-state index contributed by atoms with van der Waals surface area (Å²) >= 11 is 0. The zero-order chi connectivity index (χ0) is 16.8. The molecule has 24 heavy (non-hydrogen) atoms. The number of anilines is 2. The van der Waals surface area contributed by atoms with Crippen LogP contribution in [0.25, 0.3) is 0 Å². The Bertz CT molecular complexity index is 638. The first-order valence-corrected chi connectivity index (χ1v) is 8.78. The van der Waals surface area contributed by atoms with E-state index in [4.69, 9.17) is 0 Å². The summed E-state index contributed by atoms with van der Waals surface area (Å²) in [5.41, 5.74) is 1.86. The minimum atomic E-state index is 0.0109. The minimum absolute atomic E-state index is 0.0109. The first-order chi connectivity index (χ1) is 11.8. The number of amides is 2. The molecule has 1 aliphatic heterocycles. The van der Waals surface area contributed by atoms with E-state index in [1.165, 1.54) is 6.42 Å². The molecule has 0 bridgehead atoms. The van der Waals surface area contributed by atoms with Crippen LogP contribution in [0.4, 0.5) is 16.2 Å². The molecule has 0 unspecified atom stereocenters. The molecule has 2 aromatic carbocycles. The Morgan fingerprint density at radius 2 is 1.42 bits per heavy atom. The third kappa shape index (κ3) is 3.60. The van der Waals surface area contributed by atoms with E-state index >= 15 is 0 Å². The number of nitrogens with zero attached hydrogens (tertiary/aromatic N) is 3. The van der Waals surface area contributed by atoms with Crippen LogP contribution in [0.3, 0.4) is 0 Å². The van der Waals surface area contributed by atoms with Gasteiger partial charge < -0.3 is 0 Å². The van der Waals surface area contributed by atoms with Crippen LogP contribution in [0.15, 0.2) is 60.7 Å². The van der Waals surface area contributed by atoms with Crippen LogP contribution in [-0.2, 0) is 0 Å². The largest absolute Gasteiger partial charge is 0.343 e. The second-order valence-electron chi connectivity index (χ2n) is 6.02. The van der Waals surface area contributed by atoms with Gasteiger partial charge in [0, 0.05) is 25.3 Å². The third-order valence-electron chi connectivity index (χ3n) is 4.41. The molecule has 1 fully saturated rings. The quantitative estimate of drug-likeness (QED) is 0.826. The molecule has 4 heteroatoms. The van der Waals surface area contributed by atoms with Gasteiger partial charge in [-0.3, -0.25) is 4.90 Å². The van der Waals surface area contributed by atoms with Gasteiger partial charge in [0.25, 0.3) is 0 Å². The van der Waals surface area contributed by atoms with Gasteiger partial charge in [0.15, 0.2) is 0 Å². The summed E-state index contributed by atoms with van der Waals surface area (Å²) in [4.78, 5) is 15.2. The van der Waals surface area contributed by atoms with E-state index in [1.807, 2.05) is 77.5 Å². The lowest BCUT2D eigenvalue weighted by atomic mass is 10.1. The van der Waals surface area contributed by atoms with E-state index in [2.05, 4.69) is 5.01 Å². The van der Waals surface area contributed by atoms with E-state index in [1.54, 1.807) is 0 Å². The molecule has 0 radical (unpaired) electrons. The number of piperidine rings is 1. The number of benzene rings is 2. The maximum Gasteiger partial charge on any atom is 0.343 e. The molecule has 1 heterocycles. The lowest BCUT2D eigenvalue weighted by molar-refractivity contribution is 0.195. The molecule has 0 aromatic heterocycles. The predicted molar refractivity (Wildman–Crippen MR) is 99.2 cm³/mol. The highest BCUT2D eigenvalue weighted by Crippen LogP contribution is 2.24. The van der Waals surface area contributed by atoms with E-state index in [0.717, 1.165) is 37.3 Å². The van der Waals surface area contributed by atoms with Gasteiger partial charge in [0.1, 0.15) is 0 Å². The van der Waals surface area contributed by atoms with Crippen LogP contribution in [0.1, 0.15) is 26.2 Å². The standard InChI is InChI=1S/C20H25N3O/c1-2-22(18-12-6-3-7-13-18)20(24)23(19-14-8-4-9-15-19)21-16-10-5-11-17-21/h3-4,6-9,12-15H,2,5,10-11,16-17H2,1H3. The van der Waals surface area contributed by atoms with Gasteiger partial charge in [0.05, 0.1) is 5.69 Å². The predicted octanol–water partition coefficient (Wildman–Crippen LogP) is 4.54. The number of rotatable bonds is 4. The van der Waals surface area contributed by atoms with Gasteiger partial charge in [-0.05, 0) is 44.0 Å². The summed E-state index contributed by atoms with van der Waals surface area (Å²) in [6.45, 7) is 4.50. The summed E-state index contributed by atoms with van der Waals surface area (Å²) in [7, 11) is 0. The number of para-hydroxylation sites is 2. The number of carbonyl (C=O) groups excluding carboxylic acids is 1. The van der Waals surface area contributed by atoms with Crippen molar-refractivity contribution < 1.29 is 4.79 Å². The van der Waals surface area contributed by atoms with Gasteiger partial charge in [-0.2, -0.15) is 0 Å². The van der Waals surface area contributed by atoms with Crippen LogP contribution < -0.4 is 9.91 Å². The maximum atomic E-state index is 13.4. The molecule has 1 saturated heterocycles. The highest BCUT2D eigenvalue weighted by molar-refractivity contribution is 6.02. The molecular weight excluding hydrogens is 298 g/mol. The lowest BCUT2D eigenvalue weighted by Crippen LogP contribution is -2.54. The van der Waals surface area contributed by atoms with Crippen LogP contribution in [0, 0.1) is 0 Å². The third-order valence-corrected chi connectivity index (χ3v) is 4.41. The molecule has 2 aromatic rings. The molecule has 0 saturated carbocycles. The molecule has 2 amide bonds. The van der Waals surface area contributed by atoms with Crippen molar-refractivity contribution in [2.45, 2.75) is 26.2 Å². The van der Waals surface area contributed by atoms with Crippen LogP contribution in [0.2, 0.25) is 0 Å². The number of hydrazine groups is 1. The van der Waals surface area contributed by atoms with Crippen molar-refractivity contribution >= 4 is 17.4 Å². The molecule has 3 rings (SSSR count). The summed E-state index contributed by atoms with van der Waals surface area (Å²) in [6, 6.07) is 19.9. The first kappa shape index (κ1) is 16.5. The summed E-state index contributed by atoms with van der Waals surface area (Å²) in [5, 5.41) is 4.04. The van der Waals surface area contributed by atoms with Gasteiger partial charge in [-0.15, -0.1) is 0 Å². The van der Waals surface area contributed by atoms with Crippen molar-refractivity contribution in [1.29, 1.82) is 0 Å². The van der Waals surface area contributed by atoms with E-state index in [-0.39, 0.29) is 6.03 Å². The van der Waals surface area contributed by atoms with Crippen molar-refractivity contribution in [2.24, 2.45) is 0 Å². The second-order valence-corrected chi connectivity index (χ2v) is 6.02. The van der Waals surface area contributed by atoms with Gasteiger partial charge in [-0.1, -0.05) is 42.8 Å². The molecule has 1 aliphatic rings. The minimum Gasteiger partial charge on any atom is -0.293 e. The zero-order valence-electron chi connectivity index (χ0n) is 14.3. The molecule has 0 atom stereocenters. The van der Waals surface area contributed by atoms with Gasteiger partial charge in [0.2, 0.25) is 0 Å². The normalized spacial score (nSPS) is 15.0. The molecule has 0 N–H and O–H groups in total. The lowest BCUT2D eigenvalue weighted by Gasteiger charge is -2.39. The molecule has 0 aliphatic carbocycles. The number of urea groups is 1. The fourth-order valence-electron chi connectivity index (χ4n) is 3.19. The molecule has 126 valence electrons. The Morgan fingerprint density at radius 3 is 1.96 bits per heavy atom. The number of carbonyl (C=O) groups is 1. The average Bonchev–Trinajstić information content (AvgIpc) is 2.65. The number of hydrogen-bond donors (Lipinski definition) is 0. The van der Waals surface area contributed by atoms with E-state index in [9.17, 15) is 4.79 Å². The van der Waals surface area contributed by atoms with Gasteiger partial charge in [-0.25, -0.2) is 14.8 Å². The fourth-order valence-corrected chi connectivity index (χ4v) is 3.19. The summed E-state index contributed by atoms with van der Waals surface area (Å²) < 4.78 is 0. The van der Waals surface area contributed by atoms with Gasteiger partial charge >= 0.3 is 6.03 Å². The Balaban J connectivity index is 1.93. The summed E-state index contributed by atoms with van der Waals surface area (Å²) in [5.74, 6) is 0. The van der Waals surface area contributed by atoms with Crippen molar-refractivity contribution in [3.8, 4) is 0 Å². The van der Waals surface area contributed by atoms with Crippen LogP contribution >= 0.6 is 0 Å². The molecule has 4 nitrogen and oxygen atoms in total.